The van der Waals surface area contributed by atoms with Crippen molar-refractivity contribution >= 4 is 29.8 Å². The first-order valence-electron chi connectivity index (χ1n) is 6.66. The molecule has 5 heteroatoms. The third kappa shape index (κ3) is 5.81. The Hall–Kier alpha value is -2.59. The Bertz CT molecular complexity index is 652. The van der Waals surface area contributed by atoms with Crippen LogP contribution in [0, 0.1) is 0 Å². The van der Waals surface area contributed by atoms with Crippen LogP contribution in [0.15, 0.2) is 65.8 Å². The van der Waals surface area contributed by atoms with Gasteiger partial charge in [-0.25, -0.2) is 5.43 Å². The number of carbonyl (C=O) groups excluding carboxylic acids is 1. The number of hydrazone groups is 1. The summed E-state index contributed by atoms with van der Waals surface area (Å²) >= 11 is 5.76. The molecule has 0 saturated carbocycles. The number of hydrogen-bond acceptors (Lipinski definition) is 3. The minimum Gasteiger partial charge on any atom is -0.484 e. The Balaban J connectivity index is 1.70. The fourth-order valence-electron chi connectivity index (χ4n) is 1.58. The highest BCUT2D eigenvalue weighted by Crippen LogP contribution is 2.15. The van der Waals surface area contributed by atoms with E-state index in [1.165, 1.54) is 6.21 Å². The molecule has 2 rings (SSSR count). The normalized spacial score (nSPS) is 11.0. The molecule has 0 spiro atoms. The van der Waals surface area contributed by atoms with Crippen molar-refractivity contribution < 1.29 is 9.53 Å². The average Bonchev–Trinajstić information content (AvgIpc) is 2.55. The summed E-state index contributed by atoms with van der Waals surface area (Å²) in [6.45, 7) is -0.110. The summed E-state index contributed by atoms with van der Waals surface area (Å²) in [5, 5.41) is 4.42. The van der Waals surface area contributed by atoms with Crippen molar-refractivity contribution in [2.75, 3.05) is 6.61 Å². The van der Waals surface area contributed by atoms with E-state index >= 15 is 0 Å². The van der Waals surface area contributed by atoms with E-state index in [0.29, 0.717) is 10.8 Å². The molecule has 0 unspecified atom stereocenters. The van der Waals surface area contributed by atoms with Gasteiger partial charge in [-0.15, -0.1) is 0 Å². The summed E-state index contributed by atoms with van der Waals surface area (Å²) in [6, 6.07) is 16.6. The first-order valence-corrected chi connectivity index (χ1v) is 7.04. The number of nitrogens with zero attached hydrogens (tertiary/aromatic N) is 1. The first kappa shape index (κ1) is 15.8. The zero-order chi connectivity index (χ0) is 15.6. The summed E-state index contributed by atoms with van der Waals surface area (Å²) in [5.41, 5.74) is 3.44. The minimum atomic E-state index is -0.334. The number of nitrogens with one attached hydrogen (secondary N) is 1. The number of benzene rings is 2. The van der Waals surface area contributed by atoms with Gasteiger partial charge in [-0.05, 0) is 35.9 Å². The Labute approximate surface area is 134 Å². The molecule has 2 aromatic rings. The first-order chi connectivity index (χ1) is 10.7. The van der Waals surface area contributed by atoms with Crippen molar-refractivity contribution in [3.05, 3.63) is 71.3 Å². The van der Waals surface area contributed by atoms with Crippen molar-refractivity contribution in [2.24, 2.45) is 5.10 Å². The van der Waals surface area contributed by atoms with E-state index in [2.05, 4.69) is 10.5 Å². The third-order valence-corrected chi connectivity index (χ3v) is 2.87. The van der Waals surface area contributed by atoms with E-state index in [1.54, 1.807) is 30.3 Å². The van der Waals surface area contributed by atoms with Gasteiger partial charge in [0.2, 0.25) is 0 Å². The molecule has 22 heavy (non-hydrogen) atoms. The molecule has 0 saturated heterocycles. The van der Waals surface area contributed by atoms with Crippen LogP contribution in [0.4, 0.5) is 0 Å². The topological polar surface area (TPSA) is 50.7 Å². The summed E-state index contributed by atoms with van der Waals surface area (Å²) in [6.07, 6.45) is 5.14. The van der Waals surface area contributed by atoms with Gasteiger partial charge in [-0.3, -0.25) is 4.79 Å². The van der Waals surface area contributed by atoms with Crippen molar-refractivity contribution in [3.63, 3.8) is 0 Å². The van der Waals surface area contributed by atoms with Crippen molar-refractivity contribution in [2.45, 2.75) is 0 Å². The van der Waals surface area contributed by atoms with Gasteiger partial charge >= 0.3 is 0 Å². The van der Waals surface area contributed by atoms with Gasteiger partial charge in [0.1, 0.15) is 5.75 Å². The molecule has 0 aliphatic carbocycles. The second-order valence-corrected chi connectivity index (χ2v) is 4.76. The van der Waals surface area contributed by atoms with Gasteiger partial charge in [-0.1, -0.05) is 48.0 Å². The quantitative estimate of drug-likeness (QED) is 0.655. The summed E-state index contributed by atoms with van der Waals surface area (Å²) < 4.78 is 5.29. The highest BCUT2D eigenvalue weighted by Gasteiger charge is 2.00. The summed E-state index contributed by atoms with van der Waals surface area (Å²) in [4.78, 5) is 11.5. The van der Waals surface area contributed by atoms with Crippen LogP contribution in [0.25, 0.3) is 6.08 Å². The Morgan fingerprint density at radius 2 is 1.86 bits per heavy atom. The number of hydrogen-bond donors (Lipinski definition) is 1. The second kappa shape index (κ2) is 8.64. The van der Waals surface area contributed by atoms with Crippen LogP contribution in [0.2, 0.25) is 5.02 Å². The van der Waals surface area contributed by atoms with E-state index in [1.807, 2.05) is 36.4 Å². The van der Waals surface area contributed by atoms with E-state index in [-0.39, 0.29) is 12.5 Å². The number of carbonyl (C=O) groups is 1. The zero-order valence-electron chi connectivity index (χ0n) is 11.8. The molecular weight excluding hydrogens is 300 g/mol. The van der Waals surface area contributed by atoms with Crippen molar-refractivity contribution in [1.82, 2.24) is 5.43 Å². The van der Waals surface area contributed by atoms with Crippen LogP contribution in [0.1, 0.15) is 5.56 Å². The van der Waals surface area contributed by atoms with Crippen LogP contribution >= 0.6 is 11.6 Å². The summed E-state index contributed by atoms with van der Waals surface area (Å²) in [7, 11) is 0. The predicted molar refractivity (Wildman–Crippen MR) is 89.1 cm³/mol. The number of rotatable bonds is 6. The number of allylic oxidation sites excluding steroid dienone is 1. The molecular formula is C17H15ClN2O2. The lowest BCUT2D eigenvalue weighted by Crippen LogP contribution is -2.24. The van der Waals surface area contributed by atoms with E-state index in [4.69, 9.17) is 16.3 Å². The SMILES string of the molecule is O=C(COc1ccc(Cl)cc1)NN=CC=Cc1ccccc1. The van der Waals surface area contributed by atoms with Gasteiger partial charge in [0.25, 0.3) is 5.91 Å². The Morgan fingerprint density at radius 3 is 2.59 bits per heavy atom. The van der Waals surface area contributed by atoms with E-state index in [9.17, 15) is 4.79 Å². The fourth-order valence-corrected chi connectivity index (χ4v) is 1.71. The number of amides is 1. The smallest absolute Gasteiger partial charge is 0.277 e. The highest BCUT2D eigenvalue weighted by molar-refractivity contribution is 6.30. The molecule has 112 valence electrons. The third-order valence-electron chi connectivity index (χ3n) is 2.62. The van der Waals surface area contributed by atoms with Crippen LogP contribution in [-0.4, -0.2) is 18.7 Å². The minimum absolute atomic E-state index is 0.110. The second-order valence-electron chi connectivity index (χ2n) is 4.33. The van der Waals surface area contributed by atoms with E-state index < -0.39 is 0 Å². The molecule has 0 fully saturated rings. The molecule has 0 atom stereocenters. The van der Waals surface area contributed by atoms with E-state index in [0.717, 1.165) is 5.56 Å². The maximum atomic E-state index is 11.5. The largest absolute Gasteiger partial charge is 0.484 e. The maximum absolute atomic E-state index is 11.5. The lowest BCUT2D eigenvalue weighted by Gasteiger charge is -2.04. The standard InChI is InChI=1S/C17H15ClN2O2/c18-15-8-10-16(11-9-15)22-13-17(21)20-19-12-4-7-14-5-2-1-3-6-14/h1-12H,13H2,(H,20,21). The zero-order valence-corrected chi connectivity index (χ0v) is 12.5. The molecule has 0 bridgehead atoms. The lowest BCUT2D eigenvalue weighted by atomic mass is 10.2. The Morgan fingerprint density at radius 1 is 1.14 bits per heavy atom. The molecule has 0 aliphatic heterocycles. The predicted octanol–water partition coefficient (Wildman–Crippen LogP) is 3.53. The lowest BCUT2D eigenvalue weighted by molar-refractivity contribution is -0.123. The highest BCUT2D eigenvalue weighted by atomic mass is 35.5. The van der Waals surface area contributed by atoms with Crippen LogP contribution in [0.3, 0.4) is 0 Å². The monoisotopic (exact) mass is 314 g/mol. The fraction of sp³-hybridized carbons (Fsp3) is 0.0588. The number of halogens is 1. The van der Waals surface area contributed by atoms with Gasteiger partial charge in [0, 0.05) is 11.2 Å². The van der Waals surface area contributed by atoms with Gasteiger partial charge < -0.3 is 4.74 Å². The van der Waals surface area contributed by atoms with Crippen LogP contribution in [0.5, 0.6) is 5.75 Å². The van der Waals surface area contributed by atoms with Crippen molar-refractivity contribution in [1.29, 1.82) is 0 Å². The summed E-state index contributed by atoms with van der Waals surface area (Å²) in [5.74, 6) is 0.242. The van der Waals surface area contributed by atoms with Gasteiger partial charge in [0.05, 0.1) is 0 Å². The van der Waals surface area contributed by atoms with Crippen molar-refractivity contribution in [3.8, 4) is 5.75 Å². The molecule has 4 nitrogen and oxygen atoms in total. The van der Waals surface area contributed by atoms with Crippen LogP contribution in [-0.2, 0) is 4.79 Å². The molecule has 0 heterocycles. The molecule has 2 aromatic carbocycles. The Kier molecular flexibility index (Phi) is 6.20. The molecule has 0 aromatic heterocycles. The molecule has 0 radical (unpaired) electrons. The number of ether oxygens (including phenoxy) is 1. The van der Waals surface area contributed by atoms with Gasteiger partial charge in [0.15, 0.2) is 6.61 Å². The average molecular weight is 315 g/mol. The molecule has 0 aliphatic rings. The van der Waals surface area contributed by atoms with Crippen LogP contribution < -0.4 is 10.2 Å². The molecule has 1 amide bonds. The van der Waals surface area contributed by atoms with Gasteiger partial charge in [-0.2, -0.15) is 5.10 Å². The maximum Gasteiger partial charge on any atom is 0.277 e. The molecule has 1 N–H and O–H groups in total.